The Hall–Kier alpha value is -2.19. The Morgan fingerprint density at radius 3 is 2.33 bits per heavy atom. The lowest BCUT2D eigenvalue weighted by Gasteiger charge is -2.20. The van der Waals surface area contributed by atoms with Crippen LogP contribution in [0.2, 0.25) is 0 Å². The van der Waals surface area contributed by atoms with Crippen LogP contribution in [0.5, 0.6) is 5.75 Å². The van der Waals surface area contributed by atoms with Gasteiger partial charge in [-0.05, 0) is 70.3 Å². The molecule has 0 aliphatic rings. The van der Waals surface area contributed by atoms with Gasteiger partial charge in [-0.2, -0.15) is 17.2 Å². The maximum Gasteiger partial charge on any atom is 0.405 e. The van der Waals surface area contributed by atoms with Gasteiger partial charge in [-0.1, -0.05) is 0 Å². The number of anilines is 1. The first kappa shape index (κ1) is 27.1. The minimum Gasteiger partial charge on any atom is -0.451 e. The number of hydrogen-bond acceptors (Lipinski definition) is 9. The number of nitro groups is 1. The number of carbonyl (C=O) groups is 2. The highest BCUT2D eigenvalue weighted by Crippen LogP contribution is 2.31. The zero-order valence-corrected chi connectivity index (χ0v) is 21.3. The van der Waals surface area contributed by atoms with Gasteiger partial charge in [-0.25, -0.2) is 9.59 Å². The van der Waals surface area contributed by atoms with E-state index in [1.807, 2.05) is 45.2 Å². The fourth-order valence-electron chi connectivity index (χ4n) is 2.32. The number of rotatable bonds is 7. The number of esters is 2. The van der Waals surface area contributed by atoms with Crippen molar-refractivity contribution in [1.82, 2.24) is 0 Å². The number of hydrogen-bond donors (Lipinski definition) is 2. The summed E-state index contributed by atoms with van der Waals surface area (Å²) >= 11 is 3.83. The standard InChI is InChI=1S/C17H12F2I2N2O9S/c1-7(17(18,19)33(28,29)30)31-15(24)10-6-9(2-3-13(10)23(26)27)32-16(25)11-4-8(20)5-12(21)14(11)22/h2-7H,22H2,1H3,(H,28,29,30). The van der Waals surface area contributed by atoms with Crippen LogP contribution in [0.15, 0.2) is 30.3 Å². The maximum atomic E-state index is 13.7. The van der Waals surface area contributed by atoms with Gasteiger partial charge in [0.1, 0.15) is 11.3 Å². The molecule has 3 N–H and O–H groups in total. The van der Waals surface area contributed by atoms with Gasteiger partial charge in [0, 0.05) is 19.3 Å². The second kappa shape index (κ2) is 9.97. The predicted molar refractivity (Wildman–Crippen MR) is 126 cm³/mol. The minimum absolute atomic E-state index is 0.0322. The molecule has 16 heteroatoms. The number of ether oxygens (including phenoxy) is 2. The van der Waals surface area contributed by atoms with E-state index in [9.17, 15) is 36.9 Å². The van der Waals surface area contributed by atoms with E-state index in [0.29, 0.717) is 20.1 Å². The van der Waals surface area contributed by atoms with Gasteiger partial charge in [-0.15, -0.1) is 0 Å². The highest BCUT2D eigenvalue weighted by atomic mass is 127. The monoisotopic (exact) mass is 712 g/mol. The summed E-state index contributed by atoms with van der Waals surface area (Å²) in [5.41, 5.74) is 4.13. The van der Waals surface area contributed by atoms with Crippen molar-refractivity contribution in [2.24, 2.45) is 0 Å². The van der Waals surface area contributed by atoms with Crippen molar-refractivity contribution in [3.8, 4) is 5.75 Å². The van der Waals surface area contributed by atoms with Crippen LogP contribution in [0, 0.1) is 17.3 Å². The van der Waals surface area contributed by atoms with Crippen molar-refractivity contribution >= 4 is 78.6 Å². The minimum atomic E-state index is -5.95. The second-order valence-corrected chi connectivity index (χ2v) is 10.2. The summed E-state index contributed by atoms with van der Waals surface area (Å²) in [5, 5.41) is 6.34. The maximum absolute atomic E-state index is 13.7. The lowest BCUT2D eigenvalue weighted by Crippen LogP contribution is -2.42. The number of alkyl halides is 2. The number of nitrogens with zero attached hydrogens (tertiary/aromatic N) is 1. The summed E-state index contributed by atoms with van der Waals surface area (Å²) in [6, 6.07) is 5.52. The first-order chi connectivity index (χ1) is 15.1. The number of carbonyl (C=O) groups excluding carboxylic acids is 2. The lowest BCUT2D eigenvalue weighted by molar-refractivity contribution is -0.385. The highest BCUT2D eigenvalue weighted by Gasteiger charge is 2.52. The molecular formula is C17H12F2I2N2O9S. The SMILES string of the molecule is CC(OC(=O)c1cc(OC(=O)c2cc(I)cc(I)c2N)ccc1[N+](=O)[O-])C(F)(F)S(=O)(=O)O. The fourth-order valence-corrected chi connectivity index (χ4v) is 4.63. The Labute approximate surface area is 211 Å². The number of nitro benzene ring substituents is 1. The molecule has 0 bridgehead atoms. The van der Waals surface area contributed by atoms with E-state index in [-0.39, 0.29) is 17.0 Å². The molecule has 1 atom stereocenters. The smallest absolute Gasteiger partial charge is 0.405 e. The third-order valence-electron chi connectivity index (χ3n) is 4.01. The number of nitrogens with two attached hydrogens (primary N) is 1. The normalized spacial score (nSPS) is 12.7. The van der Waals surface area contributed by atoms with Crippen LogP contribution < -0.4 is 10.5 Å². The molecule has 0 saturated heterocycles. The molecule has 0 aliphatic carbocycles. The first-order valence-corrected chi connectivity index (χ1v) is 12.0. The number of nitrogen functional groups attached to an aromatic ring is 1. The average Bonchev–Trinajstić information content (AvgIpc) is 2.69. The zero-order chi connectivity index (χ0) is 25.3. The van der Waals surface area contributed by atoms with E-state index in [0.717, 1.165) is 12.1 Å². The lowest BCUT2D eigenvalue weighted by atomic mass is 10.1. The number of benzene rings is 2. The zero-order valence-electron chi connectivity index (χ0n) is 16.1. The number of halogens is 4. The molecule has 33 heavy (non-hydrogen) atoms. The van der Waals surface area contributed by atoms with Crippen molar-refractivity contribution < 1.29 is 45.7 Å². The van der Waals surface area contributed by atoms with Crippen molar-refractivity contribution in [3.63, 3.8) is 0 Å². The van der Waals surface area contributed by atoms with Crippen LogP contribution in [0.3, 0.4) is 0 Å². The van der Waals surface area contributed by atoms with E-state index in [1.165, 1.54) is 6.07 Å². The van der Waals surface area contributed by atoms with Gasteiger partial charge in [0.15, 0.2) is 6.10 Å². The molecule has 0 amide bonds. The van der Waals surface area contributed by atoms with E-state index >= 15 is 0 Å². The summed E-state index contributed by atoms with van der Waals surface area (Å²) in [4.78, 5) is 35.0. The van der Waals surface area contributed by atoms with E-state index < -0.39 is 49.6 Å². The van der Waals surface area contributed by atoms with E-state index in [4.69, 9.17) is 15.0 Å². The van der Waals surface area contributed by atoms with Gasteiger partial charge in [-0.3, -0.25) is 14.7 Å². The van der Waals surface area contributed by atoms with Crippen molar-refractivity contribution in [2.45, 2.75) is 18.3 Å². The highest BCUT2D eigenvalue weighted by molar-refractivity contribution is 14.1. The van der Waals surface area contributed by atoms with E-state index in [1.54, 1.807) is 6.07 Å². The molecule has 2 aromatic carbocycles. The van der Waals surface area contributed by atoms with Crippen LogP contribution in [0.4, 0.5) is 20.2 Å². The van der Waals surface area contributed by atoms with Crippen molar-refractivity contribution in [2.75, 3.05) is 5.73 Å². The van der Waals surface area contributed by atoms with Crippen LogP contribution in [0.25, 0.3) is 0 Å². The third-order valence-corrected chi connectivity index (χ3v) is 6.55. The van der Waals surface area contributed by atoms with Crippen molar-refractivity contribution in [1.29, 1.82) is 0 Å². The Morgan fingerprint density at radius 2 is 1.79 bits per heavy atom. The molecule has 0 heterocycles. The van der Waals surface area contributed by atoms with Crippen molar-refractivity contribution in [3.05, 3.63) is 58.7 Å². The molecule has 1 unspecified atom stereocenters. The van der Waals surface area contributed by atoms with Crippen LogP contribution >= 0.6 is 45.2 Å². The molecule has 0 saturated carbocycles. The molecule has 0 fully saturated rings. The average molecular weight is 712 g/mol. The molecule has 2 aromatic rings. The van der Waals surface area contributed by atoms with Crippen LogP contribution in [-0.4, -0.2) is 41.2 Å². The molecule has 0 spiro atoms. The van der Waals surface area contributed by atoms with E-state index in [2.05, 4.69) is 4.74 Å². The Morgan fingerprint density at radius 1 is 1.18 bits per heavy atom. The Balaban J connectivity index is 2.40. The Bertz CT molecular complexity index is 1260. The topological polar surface area (TPSA) is 176 Å². The largest absolute Gasteiger partial charge is 0.451 e. The third kappa shape index (κ3) is 6.03. The quantitative estimate of drug-likeness (QED) is 0.0821. The summed E-state index contributed by atoms with van der Waals surface area (Å²) in [5.74, 6) is -3.08. The molecule has 0 aliphatic heterocycles. The Kier molecular flexibility index (Phi) is 8.18. The van der Waals surface area contributed by atoms with Gasteiger partial charge >= 0.3 is 27.3 Å². The summed E-state index contributed by atoms with van der Waals surface area (Å²) < 4.78 is 68.2. The summed E-state index contributed by atoms with van der Waals surface area (Å²) in [6.07, 6.45) is -2.71. The molecule has 178 valence electrons. The molecule has 11 nitrogen and oxygen atoms in total. The summed E-state index contributed by atoms with van der Waals surface area (Å²) in [6.45, 7) is 0.461. The van der Waals surface area contributed by atoms with Gasteiger partial charge in [0.05, 0.1) is 16.2 Å². The first-order valence-electron chi connectivity index (χ1n) is 8.37. The molecule has 2 rings (SSSR count). The predicted octanol–water partition coefficient (Wildman–Crippen LogP) is 3.63. The van der Waals surface area contributed by atoms with Gasteiger partial charge in [0.2, 0.25) is 0 Å². The fraction of sp³-hybridized carbons (Fsp3) is 0.176. The van der Waals surface area contributed by atoms with Crippen LogP contribution in [0.1, 0.15) is 27.6 Å². The molecule has 0 radical (unpaired) electrons. The molecular weight excluding hydrogens is 700 g/mol. The summed E-state index contributed by atoms with van der Waals surface area (Å²) in [7, 11) is -5.95. The van der Waals surface area contributed by atoms with Gasteiger partial charge in [0.25, 0.3) is 5.69 Å². The second-order valence-electron chi connectivity index (χ2n) is 6.26. The van der Waals surface area contributed by atoms with Gasteiger partial charge < -0.3 is 15.2 Å². The van der Waals surface area contributed by atoms with Crippen LogP contribution in [-0.2, 0) is 14.9 Å². The molecule has 0 aromatic heterocycles.